The third-order valence-electron chi connectivity index (χ3n) is 3.25. The SMILES string of the molecule is Cc1ccc(C(=O)NC[C@H](CC(=O)O)CC(C)C)cc1Br. The van der Waals surface area contributed by atoms with Gasteiger partial charge in [0.05, 0.1) is 0 Å². The van der Waals surface area contributed by atoms with Crippen molar-refractivity contribution >= 4 is 27.8 Å². The lowest BCUT2D eigenvalue weighted by Gasteiger charge is -2.18. The van der Waals surface area contributed by atoms with Gasteiger partial charge in [-0.2, -0.15) is 0 Å². The van der Waals surface area contributed by atoms with E-state index in [0.717, 1.165) is 16.5 Å². The summed E-state index contributed by atoms with van der Waals surface area (Å²) in [6.07, 6.45) is 0.861. The third-order valence-corrected chi connectivity index (χ3v) is 4.11. The van der Waals surface area contributed by atoms with Crippen LogP contribution < -0.4 is 5.32 Å². The van der Waals surface area contributed by atoms with Gasteiger partial charge in [0.25, 0.3) is 5.91 Å². The lowest BCUT2D eigenvalue weighted by Crippen LogP contribution is -2.31. The molecule has 0 aliphatic heterocycles. The van der Waals surface area contributed by atoms with E-state index in [1.165, 1.54) is 0 Å². The molecule has 0 aromatic heterocycles. The van der Waals surface area contributed by atoms with Crippen LogP contribution in [0, 0.1) is 18.8 Å². The van der Waals surface area contributed by atoms with Gasteiger partial charge in [0, 0.05) is 23.0 Å². The number of carbonyl (C=O) groups is 2. The van der Waals surface area contributed by atoms with Crippen LogP contribution in [0.15, 0.2) is 22.7 Å². The van der Waals surface area contributed by atoms with Crippen molar-refractivity contribution in [1.29, 1.82) is 0 Å². The van der Waals surface area contributed by atoms with E-state index in [0.29, 0.717) is 18.0 Å². The number of aryl methyl sites for hydroxylation is 1. The van der Waals surface area contributed by atoms with Crippen LogP contribution in [0.5, 0.6) is 0 Å². The van der Waals surface area contributed by atoms with Crippen molar-refractivity contribution in [1.82, 2.24) is 5.32 Å². The van der Waals surface area contributed by atoms with Gasteiger partial charge in [-0.15, -0.1) is 0 Å². The maximum atomic E-state index is 12.1. The average Bonchev–Trinajstić information content (AvgIpc) is 2.37. The number of halogens is 1. The van der Waals surface area contributed by atoms with E-state index < -0.39 is 5.97 Å². The Morgan fingerprint density at radius 3 is 2.52 bits per heavy atom. The minimum absolute atomic E-state index is 0.0414. The smallest absolute Gasteiger partial charge is 0.303 e. The van der Waals surface area contributed by atoms with Crippen LogP contribution in [0.3, 0.4) is 0 Å². The van der Waals surface area contributed by atoms with Crippen molar-refractivity contribution in [3.8, 4) is 0 Å². The molecule has 1 aromatic rings. The first-order chi connectivity index (χ1) is 9.79. The molecule has 0 radical (unpaired) electrons. The Morgan fingerprint density at radius 1 is 1.33 bits per heavy atom. The quantitative estimate of drug-likeness (QED) is 0.784. The molecule has 0 spiro atoms. The largest absolute Gasteiger partial charge is 0.481 e. The highest BCUT2D eigenvalue weighted by molar-refractivity contribution is 9.10. The summed E-state index contributed by atoms with van der Waals surface area (Å²) in [4.78, 5) is 23.0. The number of carboxylic acid groups (broad SMARTS) is 1. The molecular weight excluding hydrogens is 334 g/mol. The molecule has 1 rings (SSSR count). The number of amides is 1. The first-order valence-electron chi connectivity index (χ1n) is 7.05. The lowest BCUT2D eigenvalue weighted by atomic mass is 9.94. The van der Waals surface area contributed by atoms with Gasteiger partial charge in [0.15, 0.2) is 0 Å². The Kier molecular flexibility index (Phi) is 6.89. The van der Waals surface area contributed by atoms with Crippen LogP contribution >= 0.6 is 15.9 Å². The first-order valence-corrected chi connectivity index (χ1v) is 7.85. The van der Waals surface area contributed by atoms with Gasteiger partial charge in [-0.25, -0.2) is 0 Å². The fraction of sp³-hybridized carbons (Fsp3) is 0.500. The molecule has 0 aliphatic carbocycles. The molecule has 1 amide bonds. The summed E-state index contributed by atoms with van der Waals surface area (Å²) < 4.78 is 0.888. The topological polar surface area (TPSA) is 66.4 Å². The summed E-state index contributed by atoms with van der Waals surface area (Å²) >= 11 is 3.40. The molecule has 0 fully saturated rings. The second-order valence-corrected chi connectivity index (χ2v) is 6.62. The highest BCUT2D eigenvalue weighted by Crippen LogP contribution is 2.18. The van der Waals surface area contributed by atoms with E-state index in [2.05, 4.69) is 21.2 Å². The summed E-state index contributed by atoms with van der Waals surface area (Å²) in [6.45, 7) is 6.44. The van der Waals surface area contributed by atoms with Crippen LogP contribution in [0.25, 0.3) is 0 Å². The van der Waals surface area contributed by atoms with Gasteiger partial charge >= 0.3 is 5.97 Å². The monoisotopic (exact) mass is 355 g/mol. The highest BCUT2D eigenvalue weighted by Gasteiger charge is 2.16. The molecule has 2 N–H and O–H groups in total. The van der Waals surface area contributed by atoms with Crippen molar-refractivity contribution in [3.05, 3.63) is 33.8 Å². The molecule has 0 heterocycles. The number of benzene rings is 1. The fourth-order valence-electron chi connectivity index (χ4n) is 2.23. The summed E-state index contributed by atoms with van der Waals surface area (Å²) in [5.74, 6) is -0.636. The predicted octanol–water partition coefficient (Wildman–Crippen LogP) is 3.62. The number of aliphatic carboxylic acids is 1. The normalized spacial score (nSPS) is 12.2. The Bertz CT molecular complexity index is 514. The second kappa shape index (κ2) is 8.17. The van der Waals surface area contributed by atoms with E-state index in [4.69, 9.17) is 5.11 Å². The van der Waals surface area contributed by atoms with Crippen molar-refractivity contribution in [2.75, 3.05) is 6.54 Å². The number of hydrogen-bond donors (Lipinski definition) is 2. The minimum Gasteiger partial charge on any atom is -0.481 e. The van der Waals surface area contributed by atoms with Gasteiger partial charge in [0.1, 0.15) is 0 Å². The van der Waals surface area contributed by atoms with Gasteiger partial charge in [-0.3, -0.25) is 9.59 Å². The van der Waals surface area contributed by atoms with Gasteiger partial charge in [-0.05, 0) is 42.9 Å². The molecule has 0 saturated heterocycles. The van der Waals surface area contributed by atoms with Gasteiger partial charge in [0.2, 0.25) is 0 Å². The number of carboxylic acids is 1. The second-order valence-electron chi connectivity index (χ2n) is 5.77. The summed E-state index contributed by atoms with van der Waals surface area (Å²) in [5, 5.41) is 11.8. The Labute approximate surface area is 134 Å². The minimum atomic E-state index is -0.826. The maximum absolute atomic E-state index is 12.1. The zero-order valence-corrected chi connectivity index (χ0v) is 14.2. The number of carbonyl (C=O) groups excluding carboxylic acids is 1. The molecule has 1 aromatic carbocycles. The molecule has 5 heteroatoms. The Hall–Kier alpha value is -1.36. The van der Waals surface area contributed by atoms with E-state index in [9.17, 15) is 9.59 Å². The summed E-state index contributed by atoms with van der Waals surface area (Å²) in [5.41, 5.74) is 1.64. The molecule has 0 saturated carbocycles. The molecular formula is C16H22BrNO3. The van der Waals surface area contributed by atoms with Gasteiger partial charge < -0.3 is 10.4 Å². The van der Waals surface area contributed by atoms with Crippen LogP contribution in [-0.4, -0.2) is 23.5 Å². The van der Waals surface area contributed by atoms with E-state index >= 15 is 0 Å². The zero-order chi connectivity index (χ0) is 16.0. The predicted molar refractivity (Wildman–Crippen MR) is 86.4 cm³/mol. The van der Waals surface area contributed by atoms with Crippen LogP contribution in [-0.2, 0) is 4.79 Å². The van der Waals surface area contributed by atoms with Crippen molar-refractivity contribution in [2.24, 2.45) is 11.8 Å². The molecule has 0 unspecified atom stereocenters. The molecule has 116 valence electrons. The molecule has 0 aliphatic rings. The molecule has 1 atom stereocenters. The Balaban J connectivity index is 2.63. The molecule has 21 heavy (non-hydrogen) atoms. The Morgan fingerprint density at radius 2 is 2.00 bits per heavy atom. The van der Waals surface area contributed by atoms with Crippen molar-refractivity contribution in [2.45, 2.75) is 33.6 Å². The van der Waals surface area contributed by atoms with Gasteiger partial charge in [-0.1, -0.05) is 35.8 Å². The fourth-order valence-corrected chi connectivity index (χ4v) is 2.60. The van der Waals surface area contributed by atoms with Crippen molar-refractivity contribution < 1.29 is 14.7 Å². The van der Waals surface area contributed by atoms with Crippen molar-refractivity contribution in [3.63, 3.8) is 0 Å². The number of nitrogens with one attached hydrogen (secondary N) is 1. The molecule has 4 nitrogen and oxygen atoms in total. The van der Waals surface area contributed by atoms with E-state index in [1.54, 1.807) is 12.1 Å². The van der Waals surface area contributed by atoms with E-state index in [-0.39, 0.29) is 18.2 Å². The standard InChI is InChI=1S/C16H22BrNO3/c1-10(2)6-12(7-15(19)20)9-18-16(21)13-5-4-11(3)14(17)8-13/h4-5,8,10,12H,6-7,9H2,1-3H3,(H,18,21)(H,19,20)/t12-/m0/s1. The first kappa shape index (κ1) is 17.7. The summed E-state index contributed by atoms with van der Waals surface area (Å²) in [7, 11) is 0. The molecule has 0 bridgehead atoms. The summed E-state index contributed by atoms with van der Waals surface area (Å²) in [6, 6.07) is 5.42. The average molecular weight is 356 g/mol. The maximum Gasteiger partial charge on any atom is 0.303 e. The number of hydrogen-bond acceptors (Lipinski definition) is 2. The van der Waals surface area contributed by atoms with E-state index in [1.807, 2.05) is 26.8 Å². The lowest BCUT2D eigenvalue weighted by molar-refractivity contribution is -0.138. The van der Waals surface area contributed by atoms with Crippen LogP contribution in [0.4, 0.5) is 0 Å². The third kappa shape index (κ3) is 6.29. The number of rotatable bonds is 7. The highest BCUT2D eigenvalue weighted by atomic mass is 79.9. The zero-order valence-electron chi connectivity index (χ0n) is 12.6. The van der Waals surface area contributed by atoms with Crippen LogP contribution in [0.1, 0.15) is 42.6 Å². The van der Waals surface area contributed by atoms with Crippen LogP contribution in [0.2, 0.25) is 0 Å².